The van der Waals surface area contributed by atoms with Crippen molar-refractivity contribution in [2.75, 3.05) is 25.1 Å². The van der Waals surface area contributed by atoms with Crippen LogP contribution in [0.3, 0.4) is 0 Å². The number of carbonyl (C=O) groups excluding carboxylic acids is 2. The lowest BCUT2D eigenvalue weighted by Crippen LogP contribution is -2.25. The summed E-state index contributed by atoms with van der Waals surface area (Å²) < 4.78 is 5.73. The maximum Gasteiger partial charge on any atom is 0.286 e. The van der Waals surface area contributed by atoms with Crippen molar-refractivity contribution in [3.63, 3.8) is 0 Å². The zero-order valence-electron chi connectivity index (χ0n) is 13.1. The predicted octanol–water partition coefficient (Wildman–Crippen LogP) is 2.55. The minimum absolute atomic E-state index is 0.212. The highest BCUT2D eigenvalue weighted by Gasteiger charge is 2.31. The summed E-state index contributed by atoms with van der Waals surface area (Å²) in [6, 6.07) is 7.63. The second kappa shape index (κ2) is 7.67. The Balaban J connectivity index is 1.46. The normalized spacial score (nSPS) is 17.0. The first-order valence-corrected chi connectivity index (χ1v) is 9.21. The summed E-state index contributed by atoms with van der Waals surface area (Å²) in [5.41, 5.74) is 1.00. The minimum Gasteiger partial charge on any atom is -0.492 e. The van der Waals surface area contributed by atoms with Crippen molar-refractivity contribution in [1.82, 2.24) is 10.3 Å². The van der Waals surface area contributed by atoms with E-state index >= 15 is 0 Å². The second-order valence-corrected chi connectivity index (χ2v) is 7.36. The Labute approximate surface area is 148 Å². The SMILES string of the molecule is CN(CCOc1ccc(C[C@@H]2SC(=O)NC2=O)cc1)c1nccs1. The van der Waals surface area contributed by atoms with E-state index in [0.717, 1.165) is 34.8 Å². The number of nitrogens with zero attached hydrogens (tertiary/aromatic N) is 2. The van der Waals surface area contributed by atoms with Gasteiger partial charge in [0.2, 0.25) is 5.91 Å². The van der Waals surface area contributed by atoms with E-state index in [1.54, 1.807) is 17.5 Å². The molecule has 2 aromatic rings. The lowest BCUT2D eigenvalue weighted by Gasteiger charge is -2.16. The molecular weight excluding hydrogens is 346 g/mol. The molecule has 0 unspecified atom stereocenters. The highest BCUT2D eigenvalue weighted by atomic mass is 32.2. The molecule has 24 heavy (non-hydrogen) atoms. The minimum atomic E-state index is -0.337. The average Bonchev–Trinajstić information content (AvgIpc) is 3.19. The Morgan fingerprint density at radius 1 is 1.29 bits per heavy atom. The molecule has 1 fully saturated rings. The van der Waals surface area contributed by atoms with Gasteiger partial charge in [0.1, 0.15) is 12.4 Å². The van der Waals surface area contributed by atoms with Gasteiger partial charge >= 0.3 is 0 Å². The second-order valence-electron chi connectivity index (χ2n) is 5.32. The molecular formula is C16H17N3O3S2. The van der Waals surface area contributed by atoms with Crippen molar-refractivity contribution in [3.8, 4) is 5.75 Å². The Morgan fingerprint density at radius 2 is 2.08 bits per heavy atom. The standard InChI is InChI=1S/C16H17N3O3S2/c1-19(15-17-6-9-23-15)7-8-22-12-4-2-11(3-5-12)10-13-14(20)18-16(21)24-13/h2-6,9,13H,7-8,10H2,1H3,(H,18,20,21)/t13-/m0/s1. The number of thiazole rings is 1. The largest absolute Gasteiger partial charge is 0.492 e. The number of hydrogen-bond acceptors (Lipinski definition) is 7. The van der Waals surface area contributed by atoms with Gasteiger partial charge in [-0.25, -0.2) is 4.98 Å². The van der Waals surface area contributed by atoms with Gasteiger partial charge in [0, 0.05) is 18.6 Å². The smallest absolute Gasteiger partial charge is 0.286 e. The first-order chi connectivity index (χ1) is 11.6. The molecule has 2 heterocycles. The van der Waals surface area contributed by atoms with Gasteiger partial charge in [-0.05, 0) is 24.1 Å². The monoisotopic (exact) mass is 363 g/mol. The van der Waals surface area contributed by atoms with E-state index in [1.807, 2.05) is 41.6 Å². The molecule has 1 saturated heterocycles. The van der Waals surface area contributed by atoms with E-state index < -0.39 is 0 Å². The van der Waals surface area contributed by atoms with Crippen molar-refractivity contribution < 1.29 is 14.3 Å². The average molecular weight is 363 g/mol. The van der Waals surface area contributed by atoms with Crippen LogP contribution in [0, 0.1) is 0 Å². The maximum absolute atomic E-state index is 11.6. The fourth-order valence-electron chi connectivity index (χ4n) is 2.26. The van der Waals surface area contributed by atoms with Gasteiger partial charge in [0.25, 0.3) is 5.24 Å². The highest BCUT2D eigenvalue weighted by Crippen LogP contribution is 2.24. The summed E-state index contributed by atoms with van der Waals surface area (Å²) in [6.45, 7) is 1.31. The van der Waals surface area contributed by atoms with Crippen LogP contribution in [-0.2, 0) is 11.2 Å². The van der Waals surface area contributed by atoms with E-state index in [4.69, 9.17) is 4.74 Å². The molecule has 1 N–H and O–H groups in total. The van der Waals surface area contributed by atoms with Gasteiger partial charge < -0.3 is 9.64 Å². The van der Waals surface area contributed by atoms with Crippen molar-refractivity contribution in [2.24, 2.45) is 0 Å². The van der Waals surface area contributed by atoms with Crippen LogP contribution < -0.4 is 15.0 Å². The number of amides is 2. The predicted molar refractivity (Wildman–Crippen MR) is 95.9 cm³/mol. The first-order valence-electron chi connectivity index (χ1n) is 7.45. The van der Waals surface area contributed by atoms with Crippen LogP contribution in [0.2, 0.25) is 0 Å². The van der Waals surface area contributed by atoms with E-state index in [2.05, 4.69) is 10.3 Å². The molecule has 126 valence electrons. The number of imide groups is 1. The van der Waals surface area contributed by atoms with E-state index in [-0.39, 0.29) is 16.4 Å². The van der Waals surface area contributed by atoms with E-state index in [9.17, 15) is 9.59 Å². The van der Waals surface area contributed by atoms with Crippen molar-refractivity contribution in [3.05, 3.63) is 41.4 Å². The number of rotatable bonds is 7. The summed E-state index contributed by atoms with van der Waals surface area (Å²) in [6.07, 6.45) is 2.32. The molecule has 1 atom stereocenters. The summed E-state index contributed by atoms with van der Waals surface area (Å²) >= 11 is 2.64. The van der Waals surface area contributed by atoms with E-state index in [0.29, 0.717) is 13.0 Å². The summed E-state index contributed by atoms with van der Waals surface area (Å²) in [5, 5.41) is 4.61. The van der Waals surface area contributed by atoms with Crippen LogP contribution >= 0.6 is 23.1 Å². The van der Waals surface area contributed by atoms with Gasteiger partial charge in [0.05, 0.1) is 11.8 Å². The van der Waals surface area contributed by atoms with Crippen LogP contribution in [0.15, 0.2) is 35.8 Å². The van der Waals surface area contributed by atoms with Crippen LogP contribution in [0.25, 0.3) is 0 Å². The molecule has 1 aliphatic heterocycles. The van der Waals surface area contributed by atoms with Crippen molar-refractivity contribution in [1.29, 1.82) is 0 Å². The molecule has 1 aliphatic rings. The molecule has 1 aromatic carbocycles. The van der Waals surface area contributed by atoms with Gasteiger partial charge in [-0.15, -0.1) is 11.3 Å². The third-order valence-corrected chi connectivity index (χ3v) is 5.42. The number of nitrogens with one attached hydrogen (secondary N) is 1. The Kier molecular flexibility index (Phi) is 5.37. The van der Waals surface area contributed by atoms with Gasteiger partial charge in [-0.2, -0.15) is 0 Å². The Hall–Kier alpha value is -2.06. The van der Waals surface area contributed by atoms with Gasteiger partial charge in [0.15, 0.2) is 5.13 Å². The number of aromatic nitrogens is 1. The van der Waals surface area contributed by atoms with Crippen molar-refractivity contribution >= 4 is 39.4 Å². The first kappa shape index (κ1) is 16.8. The van der Waals surface area contributed by atoms with Crippen LogP contribution in [0.5, 0.6) is 5.75 Å². The number of ether oxygens (including phenoxy) is 1. The van der Waals surface area contributed by atoms with Gasteiger partial charge in [-0.3, -0.25) is 14.9 Å². The Morgan fingerprint density at radius 3 is 2.71 bits per heavy atom. The van der Waals surface area contributed by atoms with Crippen LogP contribution in [0.4, 0.5) is 9.93 Å². The molecule has 0 aliphatic carbocycles. The summed E-state index contributed by atoms with van der Waals surface area (Å²) in [5.74, 6) is 0.571. The highest BCUT2D eigenvalue weighted by molar-refractivity contribution is 8.15. The topological polar surface area (TPSA) is 71.5 Å². The van der Waals surface area contributed by atoms with Crippen LogP contribution in [-0.4, -0.2) is 41.6 Å². The Bertz CT molecular complexity index is 704. The maximum atomic E-state index is 11.6. The third-order valence-electron chi connectivity index (χ3n) is 3.55. The molecule has 0 spiro atoms. The number of thioether (sulfide) groups is 1. The molecule has 1 aromatic heterocycles. The lowest BCUT2D eigenvalue weighted by atomic mass is 10.1. The molecule has 8 heteroatoms. The number of benzene rings is 1. The lowest BCUT2D eigenvalue weighted by molar-refractivity contribution is -0.118. The number of hydrogen-bond donors (Lipinski definition) is 1. The molecule has 0 bridgehead atoms. The molecule has 6 nitrogen and oxygen atoms in total. The number of anilines is 1. The van der Waals surface area contributed by atoms with E-state index in [1.165, 1.54) is 0 Å². The number of carbonyl (C=O) groups is 2. The third kappa shape index (κ3) is 4.27. The number of likely N-dealkylation sites (N-methyl/N-ethyl adjacent to an activating group) is 1. The van der Waals surface area contributed by atoms with Crippen LogP contribution in [0.1, 0.15) is 5.56 Å². The van der Waals surface area contributed by atoms with Crippen molar-refractivity contribution in [2.45, 2.75) is 11.7 Å². The quantitative estimate of drug-likeness (QED) is 0.815. The zero-order valence-corrected chi connectivity index (χ0v) is 14.7. The summed E-state index contributed by atoms with van der Waals surface area (Å²) in [4.78, 5) is 29.0. The molecule has 0 saturated carbocycles. The summed E-state index contributed by atoms with van der Waals surface area (Å²) in [7, 11) is 1.98. The molecule has 3 rings (SSSR count). The molecule has 2 amide bonds. The molecule has 0 radical (unpaired) electrons. The fourth-order valence-corrected chi connectivity index (χ4v) is 3.76. The van der Waals surface area contributed by atoms with Gasteiger partial charge in [-0.1, -0.05) is 23.9 Å². The fraction of sp³-hybridized carbons (Fsp3) is 0.312. The zero-order chi connectivity index (χ0) is 16.9.